The number of methoxy groups -OCH3 is 1. The molecule has 1 aliphatic heterocycles. The summed E-state index contributed by atoms with van der Waals surface area (Å²) in [5, 5.41) is 0. The molecule has 1 unspecified atom stereocenters. The van der Waals surface area contributed by atoms with E-state index in [9.17, 15) is 0 Å². The van der Waals surface area contributed by atoms with E-state index in [0.717, 1.165) is 16.7 Å². The van der Waals surface area contributed by atoms with Gasteiger partial charge in [0, 0.05) is 7.11 Å². The van der Waals surface area contributed by atoms with Crippen LogP contribution in [0, 0.1) is 0 Å². The van der Waals surface area contributed by atoms with Gasteiger partial charge >= 0.3 is 0 Å². The Labute approximate surface area is 206 Å². The van der Waals surface area contributed by atoms with Crippen LogP contribution in [0.4, 0.5) is 0 Å². The Kier molecular flexibility index (Phi) is 9.51. The molecule has 0 saturated carbocycles. The highest BCUT2D eigenvalue weighted by atomic mass is 35.5. The van der Waals surface area contributed by atoms with Crippen molar-refractivity contribution in [3.05, 3.63) is 108 Å². The lowest BCUT2D eigenvalue weighted by molar-refractivity contribution is -0.248. The monoisotopic (exact) mass is 482 g/mol. The summed E-state index contributed by atoms with van der Waals surface area (Å²) in [6.45, 7) is 1.62. The Hall–Kier alpha value is -2.25. The van der Waals surface area contributed by atoms with Gasteiger partial charge in [-0.1, -0.05) is 103 Å². The Balaban J connectivity index is 1.45. The number of ether oxygens (including phenoxy) is 5. The van der Waals surface area contributed by atoms with E-state index in [4.69, 9.17) is 35.3 Å². The fourth-order valence-electron chi connectivity index (χ4n) is 4.05. The molecule has 0 bridgehead atoms. The van der Waals surface area contributed by atoms with Crippen molar-refractivity contribution in [2.75, 3.05) is 13.7 Å². The minimum atomic E-state index is -0.699. The summed E-state index contributed by atoms with van der Waals surface area (Å²) < 4.78 is 30.6. The fourth-order valence-corrected chi connectivity index (χ4v) is 4.39. The summed E-state index contributed by atoms with van der Waals surface area (Å²) in [6, 6.07) is 30.0. The number of hydrogen-bond acceptors (Lipinski definition) is 5. The van der Waals surface area contributed by atoms with Gasteiger partial charge in [0.15, 0.2) is 5.56 Å². The van der Waals surface area contributed by atoms with Crippen LogP contribution in [0.3, 0.4) is 0 Å². The van der Waals surface area contributed by atoms with Crippen LogP contribution in [0.1, 0.15) is 16.7 Å². The van der Waals surface area contributed by atoms with E-state index in [1.807, 2.05) is 91.0 Å². The predicted molar refractivity (Wildman–Crippen MR) is 131 cm³/mol. The van der Waals surface area contributed by atoms with Gasteiger partial charge in [-0.2, -0.15) is 0 Å². The van der Waals surface area contributed by atoms with Gasteiger partial charge in [0.2, 0.25) is 0 Å². The molecule has 5 nitrogen and oxygen atoms in total. The molecule has 3 aromatic carbocycles. The quantitative estimate of drug-likeness (QED) is 0.345. The smallest absolute Gasteiger partial charge is 0.160 e. The third-order valence-electron chi connectivity index (χ3n) is 5.81. The Bertz CT molecular complexity index is 956. The summed E-state index contributed by atoms with van der Waals surface area (Å²) in [7, 11) is 1.65. The van der Waals surface area contributed by atoms with Crippen molar-refractivity contribution in [1.82, 2.24) is 0 Å². The van der Waals surface area contributed by atoms with Crippen LogP contribution in [-0.2, 0) is 43.5 Å². The molecule has 3 aromatic rings. The zero-order valence-electron chi connectivity index (χ0n) is 19.3. The van der Waals surface area contributed by atoms with E-state index in [-0.39, 0.29) is 0 Å². The average molecular weight is 483 g/mol. The Morgan fingerprint density at radius 1 is 0.647 bits per heavy atom. The second kappa shape index (κ2) is 13.0. The second-order valence-corrected chi connectivity index (χ2v) is 8.68. The van der Waals surface area contributed by atoms with Crippen LogP contribution in [-0.4, -0.2) is 43.7 Å². The number of benzene rings is 3. The molecule has 0 amide bonds. The van der Waals surface area contributed by atoms with Gasteiger partial charge in [0.25, 0.3) is 0 Å². The highest BCUT2D eigenvalue weighted by Gasteiger charge is 2.47. The molecule has 6 heteroatoms. The molecular weight excluding hydrogens is 452 g/mol. The molecule has 0 N–H and O–H groups in total. The molecule has 0 aliphatic carbocycles. The van der Waals surface area contributed by atoms with Crippen LogP contribution in [0.25, 0.3) is 0 Å². The van der Waals surface area contributed by atoms with Crippen LogP contribution >= 0.6 is 11.6 Å². The SMILES string of the molecule is CO[C@H]1[C@@H](OCc2ccccc2)[C@@H](COCc2ccccc2)OC(Cl)[C@@H]1OCc1ccccc1. The molecule has 0 spiro atoms. The zero-order chi connectivity index (χ0) is 23.6. The number of halogens is 1. The van der Waals surface area contributed by atoms with Crippen LogP contribution in [0.5, 0.6) is 0 Å². The third kappa shape index (κ3) is 6.89. The maximum atomic E-state index is 6.66. The maximum Gasteiger partial charge on any atom is 0.160 e. The normalized spacial score (nSPS) is 24.7. The van der Waals surface area contributed by atoms with Crippen molar-refractivity contribution in [1.29, 1.82) is 0 Å². The number of rotatable bonds is 11. The number of alkyl halides is 1. The van der Waals surface area contributed by atoms with Gasteiger partial charge in [0.1, 0.15) is 24.4 Å². The first-order valence-corrected chi connectivity index (χ1v) is 11.9. The van der Waals surface area contributed by atoms with Gasteiger partial charge in [-0.25, -0.2) is 0 Å². The van der Waals surface area contributed by atoms with Gasteiger partial charge < -0.3 is 23.7 Å². The van der Waals surface area contributed by atoms with Crippen LogP contribution in [0.2, 0.25) is 0 Å². The first-order chi connectivity index (χ1) is 16.7. The molecule has 4 rings (SSSR count). The van der Waals surface area contributed by atoms with Crippen molar-refractivity contribution in [2.24, 2.45) is 0 Å². The van der Waals surface area contributed by atoms with Gasteiger partial charge in [-0.15, -0.1) is 0 Å². The minimum absolute atomic E-state index is 0.322. The van der Waals surface area contributed by atoms with E-state index in [1.54, 1.807) is 7.11 Å². The lowest BCUT2D eigenvalue weighted by Gasteiger charge is -2.43. The lowest BCUT2D eigenvalue weighted by Crippen LogP contribution is -2.59. The molecule has 5 atom stereocenters. The summed E-state index contributed by atoms with van der Waals surface area (Å²) in [4.78, 5) is 0. The highest BCUT2D eigenvalue weighted by molar-refractivity contribution is 6.20. The molecule has 1 aliphatic rings. The molecular formula is C28H31ClO5. The molecule has 1 fully saturated rings. The summed E-state index contributed by atoms with van der Waals surface area (Å²) in [5.41, 5.74) is 2.51. The van der Waals surface area contributed by atoms with Crippen LogP contribution in [0.15, 0.2) is 91.0 Å². The van der Waals surface area contributed by atoms with Crippen molar-refractivity contribution >= 4 is 11.6 Å². The van der Waals surface area contributed by atoms with E-state index in [1.165, 1.54) is 0 Å². The second-order valence-electron chi connectivity index (χ2n) is 8.25. The van der Waals surface area contributed by atoms with E-state index >= 15 is 0 Å². The van der Waals surface area contributed by atoms with Gasteiger partial charge in [-0.3, -0.25) is 0 Å². The summed E-state index contributed by atoms with van der Waals surface area (Å²) in [6.07, 6.45) is -1.75. The van der Waals surface area contributed by atoms with Crippen molar-refractivity contribution in [2.45, 2.75) is 49.8 Å². The standard InChI is InChI=1S/C28H31ClO5/c1-30-26-25(32-18-22-13-7-3-8-14-22)24(20-31-17-21-11-5-2-6-12-21)34-28(29)27(26)33-19-23-15-9-4-10-16-23/h2-16,24-28H,17-20H2,1H3/t24-,25+,26+,27-,28?/m1/s1. The average Bonchev–Trinajstić information content (AvgIpc) is 2.89. The van der Waals surface area contributed by atoms with Crippen molar-refractivity contribution < 1.29 is 23.7 Å². The van der Waals surface area contributed by atoms with E-state index in [0.29, 0.717) is 26.4 Å². The van der Waals surface area contributed by atoms with Crippen LogP contribution < -0.4 is 0 Å². The van der Waals surface area contributed by atoms with Crippen molar-refractivity contribution in [3.63, 3.8) is 0 Å². The predicted octanol–water partition coefficient (Wildman–Crippen LogP) is 5.35. The van der Waals surface area contributed by atoms with Gasteiger partial charge in [0.05, 0.1) is 26.4 Å². The van der Waals surface area contributed by atoms with Gasteiger partial charge in [-0.05, 0) is 16.7 Å². The fraction of sp³-hybridized carbons (Fsp3) is 0.357. The zero-order valence-corrected chi connectivity index (χ0v) is 20.1. The molecule has 1 heterocycles. The summed E-state index contributed by atoms with van der Waals surface area (Å²) >= 11 is 6.66. The molecule has 0 aromatic heterocycles. The first kappa shape index (κ1) is 24.9. The van der Waals surface area contributed by atoms with E-state index in [2.05, 4.69) is 0 Å². The third-order valence-corrected chi connectivity index (χ3v) is 6.16. The Morgan fingerprint density at radius 3 is 1.62 bits per heavy atom. The molecule has 1 saturated heterocycles. The van der Waals surface area contributed by atoms with E-state index < -0.39 is 30.0 Å². The highest BCUT2D eigenvalue weighted by Crippen LogP contribution is 2.31. The topological polar surface area (TPSA) is 46.2 Å². The lowest BCUT2D eigenvalue weighted by atomic mass is 9.99. The molecule has 0 radical (unpaired) electrons. The molecule has 180 valence electrons. The summed E-state index contributed by atoms with van der Waals surface area (Å²) in [5.74, 6) is 0. The molecule has 34 heavy (non-hydrogen) atoms. The maximum absolute atomic E-state index is 6.66. The minimum Gasteiger partial charge on any atom is -0.376 e. The van der Waals surface area contributed by atoms with Crippen molar-refractivity contribution in [3.8, 4) is 0 Å². The largest absolute Gasteiger partial charge is 0.376 e. The first-order valence-electron chi connectivity index (χ1n) is 11.5. The Morgan fingerprint density at radius 2 is 1.12 bits per heavy atom. The number of hydrogen-bond donors (Lipinski definition) is 0.